The molecule has 0 aliphatic carbocycles. The van der Waals surface area contributed by atoms with Gasteiger partial charge in [0.2, 0.25) is 0 Å². The van der Waals surface area contributed by atoms with Crippen molar-refractivity contribution in [1.29, 1.82) is 0 Å². The molecule has 0 radical (unpaired) electrons. The Labute approximate surface area is 310 Å². The highest BCUT2D eigenvalue weighted by Crippen LogP contribution is 2.43. The van der Waals surface area contributed by atoms with E-state index < -0.39 is 32.5 Å². The van der Waals surface area contributed by atoms with E-state index in [4.69, 9.17) is 24.3 Å². The van der Waals surface area contributed by atoms with Crippen LogP contribution in [0.4, 0.5) is 0 Å². The van der Waals surface area contributed by atoms with E-state index in [1.165, 1.54) is 25.7 Å². The number of ether oxygens (including phenoxy) is 2. The van der Waals surface area contributed by atoms with E-state index in [9.17, 15) is 19.0 Å². The molecule has 0 aromatic heterocycles. The lowest BCUT2D eigenvalue weighted by Gasteiger charge is -2.19. The number of unbranched alkanes of at least 4 members (excludes halogenated alkanes) is 13. The van der Waals surface area contributed by atoms with E-state index >= 15 is 0 Å². The van der Waals surface area contributed by atoms with Crippen molar-refractivity contribution in [3.63, 3.8) is 0 Å². The van der Waals surface area contributed by atoms with Crippen LogP contribution in [0.25, 0.3) is 0 Å². The Morgan fingerprint density at radius 3 is 1.61 bits per heavy atom. The van der Waals surface area contributed by atoms with Gasteiger partial charge in [0.1, 0.15) is 6.61 Å². The van der Waals surface area contributed by atoms with Gasteiger partial charge in [-0.1, -0.05) is 126 Å². The summed E-state index contributed by atoms with van der Waals surface area (Å²) >= 11 is 0. The normalized spacial score (nSPS) is 14.0. The summed E-state index contributed by atoms with van der Waals surface area (Å²) in [6.45, 7) is 3.53. The van der Waals surface area contributed by atoms with Crippen LogP contribution in [0.1, 0.15) is 155 Å². The van der Waals surface area contributed by atoms with Crippen molar-refractivity contribution >= 4 is 19.8 Å². The summed E-state index contributed by atoms with van der Waals surface area (Å²) in [6, 6.07) is 0. The number of rotatable bonds is 36. The SMILES string of the molecule is CC/C=C\C/C=C\C/C=C\CCCCCCCC(=O)OC[C@H](COP(=O)(O)OCCN)OC(=O)CCCCCCC/C=C\C/C=C\CCCCC. The highest BCUT2D eigenvalue weighted by molar-refractivity contribution is 7.47. The molecule has 0 bridgehead atoms. The monoisotopic (exact) mass is 737 g/mol. The molecule has 0 rings (SSSR count). The zero-order valence-corrected chi connectivity index (χ0v) is 33.0. The van der Waals surface area contributed by atoms with Crippen LogP contribution in [0.5, 0.6) is 0 Å². The second kappa shape index (κ2) is 37.5. The fourth-order valence-electron chi connectivity index (χ4n) is 4.97. The molecular formula is C41H72NO8P. The molecule has 2 atom stereocenters. The lowest BCUT2D eigenvalue weighted by molar-refractivity contribution is -0.161. The summed E-state index contributed by atoms with van der Waals surface area (Å²) in [5, 5.41) is 0. The second-order valence-corrected chi connectivity index (χ2v) is 14.2. The van der Waals surface area contributed by atoms with Gasteiger partial charge in [0.25, 0.3) is 0 Å². The number of carbonyl (C=O) groups is 2. The van der Waals surface area contributed by atoms with Gasteiger partial charge in [-0.05, 0) is 77.0 Å². The third kappa shape index (κ3) is 37.3. The maximum atomic E-state index is 12.5. The zero-order valence-electron chi connectivity index (χ0n) is 32.1. The average Bonchev–Trinajstić information content (AvgIpc) is 3.11. The molecule has 0 aromatic rings. The molecule has 0 spiro atoms. The largest absolute Gasteiger partial charge is 0.472 e. The summed E-state index contributed by atoms with van der Waals surface area (Å²) in [5.74, 6) is -0.871. The van der Waals surface area contributed by atoms with Gasteiger partial charge in [0, 0.05) is 19.4 Å². The number of esters is 2. The van der Waals surface area contributed by atoms with Crippen LogP contribution < -0.4 is 5.73 Å². The summed E-state index contributed by atoms with van der Waals surface area (Å²) in [7, 11) is -4.38. The van der Waals surface area contributed by atoms with Gasteiger partial charge in [-0.3, -0.25) is 18.6 Å². The van der Waals surface area contributed by atoms with E-state index in [2.05, 4.69) is 74.6 Å². The Hall–Kier alpha value is -2.29. The number of phosphoric ester groups is 1. The third-order valence-electron chi connectivity index (χ3n) is 7.89. The van der Waals surface area contributed by atoms with E-state index in [1.807, 2.05) is 0 Å². The average molecular weight is 738 g/mol. The predicted octanol–water partition coefficient (Wildman–Crippen LogP) is 10.9. The smallest absolute Gasteiger partial charge is 0.462 e. The van der Waals surface area contributed by atoms with Crippen molar-refractivity contribution in [2.45, 2.75) is 161 Å². The highest BCUT2D eigenvalue weighted by Gasteiger charge is 2.25. The van der Waals surface area contributed by atoms with Gasteiger partial charge in [-0.25, -0.2) is 4.57 Å². The molecule has 0 aromatic carbocycles. The molecule has 9 nitrogen and oxygen atoms in total. The lowest BCUT2D eigenvalue weighted by atomic mass is 10.1. The standard InChI is InChI=1S/C41H72NO8P/c1-3-5-7-9-11-13-15-17-19-21-23-25-27-29-31-33-40(43)47-37-39(38-49-51(45,46)48-36-35-42)50-41(44)34-32-30-28-26-24-22-20-18-16-14-12-10-8-6-4-2/h5,7,11-14,17-20,39H,3-4,6,8-10,15-16,21-38,42H2,1-2H3,(H,45,46)/b7-5-,13-11-,14-12-,19-17-,20-18-/t39-/m1/s1. The molecule has 0 saturated heterocycles. The molecule has 294 valence electrons. The van der Waals surface area contributed by atoms with Gasteiger partial charge >= 0.3 is 19.8 Å². The first-order chi connectivity index (χ1) is 24.8. The first kappa shape index (κ1) is 48.7. The quantitative estimate of drug-likeness (QED) is 0.0279. The van der Waals surface area contributed by atoms with Crippen LogP contribution in [-0.2, 0) is 32.7 Å². The van der Waals surface area contributed by atoms with Crippen molar-refractivity contribution in [2.24, 2.45) is 5.73 Å². The molecule has 0 saturated carbocycles. The van der Waals surface area contributed by atoms with Crippen LogP contribution in [0.2, 0.25) is 0 Å². The van der Waals surface area contributed by atoms with Crippen LogP contribution in [0.15, 0.2) is 60.8 Å². The third-order valence-corrected chi connectivity index (χ3v) is 8.87. The Morgan fingerprint density at radius 1 is 0.608 bits per heavy atom. The van der Waals surface area contributed by atoms with Gasteiger partial charge in [0.05, 0.1) is 13.2 Å². The molecule has 0 aliphatic rings. The second-order valence-electron chi connectivity index (χ2n) is 12.8. The number of carbonyl (C=O) groups excluding carboxylic acids is 2. The summed E-state index contributed by atoms with van der Waals surface area (Å²) < 4.78 is 32.7. The Kier molecular flexibility index (Phi) is 35.8. The van der Waals surface area contributed by atoms with Gasteiger partial charge in [0.15, 0.2) is 6.10 Å². The van der Waals surface area contributed by atoms with E-state index in [0.717, 1.165) is 89.9 Å². The van der Waals surface area contributed by atoms with Crippen molar-refractivity contribution < 1.29 is 37.6 Å². The minimum Gasteiger partial charge on any atom is -0.462 e. The first-order valence-electron chi connectivity index (χ1n) is 19.8. The van der Waals surface area contributed by atoms with Crippen LogP contribution in [-0.4, -0.2) is 49.3 Å². The highest BCUT2D eigenvalue weighted by atomic mass is 31.2. The van der Waals surface area contributed by atoms with Crippen LogP contribution in [0, 0.1) is 0 Å². The molecule has 3 N–H and O–H groups in total. The van der Waals surface area contributed by atoms with Crippen molar-refractivity contribution in [2.75, 3.05) is 26.4 Å². The van der Waals surface area contributed by atoms with Crippen molar-refractivity contribution in [3.05, 3.63) is 60.8 Å². The van der Waals surface area contributed by atoms with Gasteiger partial charge in [-0.15, -0.1) is 0 Å². The first-order valence-corrected chi connectivity index (χ1v) is 21.3. The summed E-state index contributed by atoms with van der Waals surface area (Å²) in [4.78, 5) is 34.8. The predicted molar refractivity (Wildman–Crippen MR) is 210 cm³/mol. The summed E-state index contributed by atoms with van der Waals surface area (Å²) in [6.07, 6.45) is 42.4. The van der Waals surface area contributed by atoms with Crippen molar-refractivity contribution in [3.8, 4) is 0 Å². The fourth-order valence-corrected chi connectivity index (χ4v) is 5.74. The van der Waals surface area contributed by atoms with E-state index in [1.54, 1.807) is 0 Å². The van der Waals surface area contributed by atoms with Gasteiger partial charge in [-0.2, -0.15) is 0 Å². The lowest BCUT2D eigenvalue weighted by Crippen LogP contribution is -2.29. The molecule has 51 heavy (non-hydrogen) atoms. The van der Waals surface area contributed by atoms with Crippen LogP contribution >= 0.6 is 7.82 Å². The Bertz CT molecular complexity index is 1020. The Morgan fingerprint density at radius 2 is 1.08 bits per heavy atom. The molecular weight excluding hydrogens is 665 g/mol. The van der Waals surface area contributed by atoms with E-state index in [-0.39, 0.29) is 32.6 Å². The molecule has 10 heteroatoms. The molecule has 0 aliphatic heterocycles. The number of nitrogens with two attached hydrogens (primary N) is 1. The van der Waals surface area contributed by atoms with Crippen LogP contribution in [0.3, 0.4) is 0 Å². The number of allylic oxidation sites excluding steroid dienone is 10. The minimum absolute atomic E-state index is 0.0456. The summed E-state index contributed by atoms with van der Waals surface area (Å²) in [5.41, 5.74) is 5.33. The molecule has 1 unspecified atom stereocenters. The minimum atomic E-state index is -4.38. The van der Waals surface area contributed by atoms with Gasteiger partial charge < -0.3 is 20.1 Å². The van der Waals surface area contributed by atoms with Crippen molar-refractivity contribution in [1.82, 2.24) is 0 Å². The zero-order chi connectivity index (χ0) is 37.5. The molecule has 0 fully saturated rings. The number of hydrogen-bond donors (Lipinski definition) is 2. The maximum Gasteiger partial charge on any atom is 0.472 e. The number of phosphoric acid groups is 1. The number of hydrogen-bond acceptors (Lipinski definition) is 8. The molecule has 0 heterocycles. The molecule has 0 amide bonds. The van der Waals surface area contributed by atoms with E-state index in [0.29, 0.717) is 12.8 Å². The topological polar surface area (TPSA) is 134 Å². The fraction of sp³-hybridized carbons (Fsp3) is 0.707. The maximum absolute atomic E-state index is 12.5. The Balaban J connectivity index is 4.27.